The fraction of sp³-hybridized carbons (Fsp3) is 0.766. The summed E-state index contributed by atoms with van der Waals surface area (Å²) in [6.07, 6.45) is -29.6. The number of hydrogen-bond donors (Lipinski definition) is 19. The number of nitrogens with one attached hydrogen (secondary N) is 4. The number of amides is 3. The molecule has 2 aromatic rings. The van der Waals surface area contributed by atoms with E-state index in [-0.39, 0.29) is 38.9 Å². The third kappa shape index (κ3) is 17.6. The van der Waals surface area contributed by atoms with Crippen LogP contribution in [0.15, 0.2) is 60.7 Å². The highest BCUT2D eigenvalue weighted by atomic mass is 16.8. The molecule has 564 valence electrons. The summed E-state index contributed by atoms with van der Waals surface area (Å²) in [5.74, 6) is -1.05. The molecular formula is C64H101N9O27. The van der Waals surface area contributed by atoms with Crippen molar-refractivity contribution in [2.75, 3.05) is 40.4 Å². The normalized spacial score (nSPS) is 44.0. The number of carbonyl (C=O) groups excluding carboxylic acids is 3. The van der Waals surface area contributed by atoms with Crippen LogP contribution in [-0.4, -0.2) is 316 Å². The quantitative estimate of drug-likeness (QED) is 0.0408. The molecule has 7 heterocycles. The first-order valence-corrected chi connectivity index (χ1v) is 34.0. The molecule has 2 saturated carbocycles. The minimum Gasteiger partial charge on any atom is -0.445 e. The Morgan fingerprint density at radius 3 is 1.72 bits per heavy atom. The Morgan fingerprint density at radius 2 is 1.10 bits per heavy atom. The smallest absolute Gasteiger partial charge is 0.410 e. The summed E-state index contributed by atoms with van der Waals surface area (Å²) in [5, 5.41) is 129. The van der Waals surface area contributed by atoms with Gasteiger partial charge in [0.2, 0.25) is 0 Å². The van der Waals surface area contributed by atoms with Crippen molar-refractivity contribution in [2.45, 2.75) is 255 Å². The number of nitrogens with two attached hydrogens (primary N) is 4. The second kappa shape index (κ2) is 34.8. The molecule has 34 atom stereocenters. The lowest BCUT2D eigenvalue weighted by atomic mass is 9.83. The van der Waals surface area contributed by atoms with Crippen LogP contribution in [0.2, 0.25) is 0 Å². The van der Waals surface area contributed by atoms with E-state index in [1.165, 1.54) is 11.9 Å². The first-order chi connectivity index (χ1) is 47.8. The highest BCUT2D eigenvalue weighted by Gasteiger charge is 2.61. The maximum Gasteiger partial charge on any atom is 0.410 e. The van der Waals surface area contributed by atoms with Gasteiger partial charge in [0, 0.05) is 31.0 Å². The van der Waals surface area contributed by atoms with E-state index in [1.54, 1.807) is 69.4 Å². The van der Waals surface area contributed by atoms with Gasteiger partial charge in [-0.25, -0.2) is 14.4 Å². The second-order valence-corrected chi connectivity index (χ2v) is 27.1. The monoisotopic (exact) mass is 1430 g/mol. The molecule has 11 rings (SSSR count). The third-order valence-corrected chi connectivity index (χ3v) is 20.2. The van der Waals surface area contributed by atoms with E-state index in [2.05, 4.69) is 21.3 Å². The zero-order valence-corrected chi connectivity index (χ0v) is 55.9. The number of hydrogen-bond acceptors (Lipinski definition) is 33. The Kier molecular flexibility index (Phi) is 27.1. The zero-order chi connectivity index (χ0) is 72.0. The summed E-state index contributed by atoms with van der Waals surface area (Å²) in [6, 6.07) is 11.2. The molecule has 36 nitrogen and oxygen atoms in total. The van der Waals surface area contributed by atoms with Crippen LogP contribution in [0.3, 0.4) is 0 Å². The number of rotatable bonds is 21. The molecule has 2 aliphatic carbocycles. The van der Waals surface area contributed by atoms with Gasteiger partial charge in [0.05, 0.1) is 73.9 Å². The first-order valence-electron chi connectivity index (χ1n) is 34.0. The summed E-state index contributed by atoms with van der Waals surface area (Å²) in [4.78, 5) is 40.3. The van der Waals surface area contributed by atoms with Gasteiger partial charge < -0.3 is 162 Å². The maximum atomic E-state index is 13.2. The largest absolute Gasteiger partial charge is 0.445 e. The number of benzene rings is 2. The summed E-state index contributed by atoms with van der Waals surface area (Å²) >= 11 is 0. The summed E-state index contributed by atoms with van der Waals surface area (Å²) in [7, 11) is 3.05. The fourth-order valence-electron chi connectivity index (χ4n) is 14.4. The molecule has 0 bridgehead atoms. The number of aliphatic hydroxyl groups excluding tert-OH is 11. The second-order valence-electron chi connectivity index (χ2n) is 27.1. The lowest BCUT2D eigenvalue weighted by Crippen LogP contribution is -2.70. The SMILES string of the molecule is CC1C[C@@H]2OC(O[C@H]3OC(CO)[C@@H](C)[C@H](O)C3O)C3C(OC(=O)N3C)C2O[C@@H]1O[C@@H]1C(NC(=O)OCc2ccccc2)C[C@@H](NC(=O)OCc2ccccc2)C(O)[C@H]1O.CNC1C(O[C@H]2OC(CO)[C@@H](NCCCN)[C@H](O)C2O)O[C@H]2CC(N)[C@@H](O[C@@H]3C(N)C[C@@H](N)C(O)[C@H]3O)OC2C1O. The molecule has 0 radical (unpaired) electrons. The van der Waals surface area contributed by atoms with Crippen molar-refractivity contribution in [3.8, 4) is 0 Å². The molecule has 2 aromatic carbocycles. The number of carbonyl (C=O) groups is 3. The van der Waals surface area contributed by atoms with Crippen molar-refractivity contribution < 1.29 is 132 Å². The van der Waals surface area contributed by atoms with Crippen molar-refractivity contribution in [1.82, 2.24) is 26.2 Å². The van der Waals surface area contributed by atoms with E-state index in [4.69, 9.17) is 84.5 Å². The van der Waals surface area contributed by atoms with Gasteiger partial charge in [-0.15, -0.1) is 0 Å². The molecular weight excluding hydrogens is 1330 g/mol. The average Bonchev–Trinajstić information content (AvgIpc) is 1.49. The van der Waals surface area contributed by atoms with E-state index in [9.17, 15) is 70.6 Å². The minimum absolute atomic E-state index is 0.0389. The van der Waals surface area contributed by atoms with Gasteiger partial charge in [-0.2, -0.15) is 0 Å². The molecule has 100 heavy (non-hydrogen) atoms. The average molecular weight is 1430 g/mol. The minimum atomic E-state index is -1.66. The van der Waals surface area contributed by atoms with Gasteiger partial charge >= 0.3 is 18.3 Å². The number of fused-ring (bicyclic) bond motifs is 4. The molecule has 7 aliphatic heterocycles. The van der Waals surface area contributed by atoms with Crippen LogP contribution < -0.4 is 44.2 Å². The Bertz CT molecular complexity index is 2900. The number of nitrogens with zero attached hydrogens (tertiary/aromatic N) is 1. The van der Waals surface area contributed by atoms with Crippen LogP contribution in [0.25, 0.3) is 0 Å². The molecule has 0 spiro atoms. The number of alkyl carbamates (subject to hydrolysis) is 2. The van der Waals surface area contributed by atoms with Gasteiger partial charge in [-0.1, -0.05) is 74.5 Å². The van der Waals surface area contributed by atoms with E-state index < -0.39 is 239 Å². The third-order valence-electron chi connectivity index (χ3n) is 20.2. The van der Waals surface area contributed by atoms with Gasteiger partial charge in [0.15, 0.2) is 43.8 Å². The van der Waals surface area contributed by atoms with E-state index in [1.807, 2.05) is 12.1 Å². The Labute approximate surface area is 576 Å². The van der Waals surface area contributed by atoms with Gasteiger partial charge in [-0.05, 0) is 63.4 Å². The van der Waals surface area contributed by atoms with Crippen LogP contribution in [0.4, 0.5) is 14.4 Å². The molecule has 36 heteroatoms. The molecule has 9 fully saturated rings. The molecule has 7 saturated heterocycles. The first kappa shape index (κ1) is 77.8. The van der Waals surface area contributed by atoms with E-state index in [0.29, 0.717) is 19.5 Å². The van der Waals surface area contributed by atoms with Gasteiger partial charge in [0.25, 0.3) is 0 Å². The fourth-order valence-corrected chi connectivity index (χ4v) is 14.4. The Morgan fingerprint density at radius 1 is 0.540 bits per heavy atom. The number of likely N-dealkylation sites (N-methyl/N-ethyl adjacent to an activating group) is 2. The predicted octanol–water partition coefficient (Wildman–Crippen LogP) is -6.50. The number of aliphatic hydroxyl groups is 11. The Hall–Kier alpha value is -4.83. The standard InChI is InChI=1S/C40H53N3O16.C24H48N6O11/c1-19-14-25-33(34-27(43(3)40(51)58-34)36(54-25)59-37-31(48)28(45)20(2)26(16-44)55-37)57-35(19)56-32-24(42-39(50)53-18-22-12-8-5-9-13-22)15-23(29(46)30(32)47)41-38(49)52-17-21-10-6-4-7-11-21;1-29-14-17(34)21-11(6-10(28)22(40-21)39-20-9(27)5-8(26)15(32)18(20)35)37-23(14)41-24-19(36)16(33)13(12(7-31)38-24)30-4-2-3-25/h4-13,19-20,23-37,44-48H,14-18H2,1-3H3,(H,41,49)(H,42,50);8-24,29-36H,2-7,25-28H2,1H3/t19?,20-,23-,24?,25+,26?,27?,28+,29?,30-,31?,32-,33?,34?,35+,36?,37-;8-,9?,10?,11+,12?,13-,14?,15?,16+,17?,18-,19?,20-,21?,22+,23?,24-/m11/s1. The van der Waals surface area contributed by atoms with Crippen molar-refractivity contribution in [3.63, 3.8) is 0 Å². The van der Waals surface area contributed by atoms with Gasteiger partial charge in [-0.3, -0.25) is 4.90 Å². The van der Waals surface area contributed by atoms with Gasteiger partial charge in [0.1, 0.15) is 92.5 Å². The Balaban J connectivity index is 0.000000231. The van der Waals surface area contributed by atoms with Crippen molar-refractivity contribution in [3.05, 3.63) is 71.8 Å². The maximum absolute atomic E-state index is 13.2. The van der Waals surface area contributed by atoms with E-state index >= 15 is 0 Å². The van der Waals surface area contributed by atoms with Crippen LogP contribution in [0.1, 0.15) is 57.1 Å². The molecule has 3 amide bonds. The van der Waals surface area contributed by atoms with Crippen molar-refractivity contribution >= 4 is 18.3 Å². The summed E-state index contributed by atoms with van der Waals surface area (Å²) in [5.41, 5.74) is 25.3. The summed E-state index contributed by atoms with van der Waals surface area (Å²) < 4.78 is 77.4. The highest BCUT2D eigenvalue weighted by Crippen LogP contribution is 2.44. The van der Waals surface area contributed by atoms with Crippen LogP contribution in [-0.2, 0) is 74.8 Å². The number of ether oxygens (including phenoxy) is 13. The van der Waals surface area contributed by atoms with Crippen LogP contribution in [0, 0.1) is 11.8 Å². The molecule has 9 aliphatic rings. The van der Waals surface area contributed by atoms with Crippen LogP contribution >= 0.6 is 0 Å². The van der Waals surface area contributed by atoms with Crippen LogP contribution in [0.5, 0.6) is 0 Å². The lowest BCUT2D eigenvalue weighted by molar-refractivity contribution is -0.378. The highest BCUT2D eigenvalue weighted by molar-refractivity contribution is 5.71. The topological polar surface area (TPSA) is 549 Å². The predicted molar refractivity (Wildman–Crippen MR) is 340 cm³/mol. The zero-order valence-electron chi connectivity index (χ0n) is 55.9. The van der Waals surface area contributed by atoms with E-state index in [0.717, 1.165) is 11.1 Å². The molecule has 18 unspecified atom stereocenters. The summed E-state index contributed by atoms with van der Waals surface area (Å²) in [6.45, 7) is 3.32. The van der Waals surface area contributed by atoms with Crippen molar-refractivity contribution in [2.24, 2.45) is 34.8 Å². The molecule has 23 N–H and O–H groups in total. The van der Waals surface area contributed by atoms with Crippen molar-refractivity contribution in [1.29, 1.82) is 0 Å². The molecule has 0 aromatic heterocycles. The lowest BCUT2D eigenvalue weighted by Gasteiger charge is -2.51.